The number of nitrogens with zero attached hydrogens (tertiary/aromatic N) is 1. The maximum atomic E-state index is 13.6. The van der Waals surface area contributed by atoms with E-state index < -0.39 is 36.3 Å². The number of benzene rings is 1. The first-order chi connectivity index (χ1) is 15.5. The fourth-order valence-corrected chi connectivity index (χ4v) is 3.66. The molecular formula is C25H39N3O5. The lowest BCUT2D eigenvalue weighted by atomic mass is 9.95. The number of ether oxygens (including phenoxy) is 1. The maximum Gasteiger partial charge on any atom is 0.408 e. The van der Waals surface area contributed by atoms with Crippen LogP contribution in [0.25, 0.3) is 0 Å². The molecule has 2 rings (SSSR count). The highest BCUT2D eigenvalue weighted by molar-refractivity contribution is 5.93. The lowest BCUT2D eigenvalue weighted by molar-refractivity contribution is -0.144. The van der Waals surface area contributed by atoms with Gasteiger partial charge in [-0.2, -0.15) is 0 Å². The molecule has 1 saturated carbocycles. The smallest absolute Gasteiger partial charge is 0.408 e. The van der Waals surface area contributed by atoms with Gasteiger partial charge in [0.1, 0.15) is 17.7 Å². The predicted octanol–water partition coefficient (Wildman–Crippen LogP) is 3.14. The predicted molar refractivity (Wildman–Crippen MR) is 127 cm³/mol. The summed E-state index contributed by atoms with van der Waals surface area (Å²) in [5.74, 6) is -0.756. The Labute approximate surface area is 197 Å². The first-order valence-corrected chi connectivity index (χ1v) is 11.8. The molecule has 184 valence electrons. The standard InChI is InChI=1S/C25H39N3O5/c1-7-8-14-26-22(30)21(19-11-9-10-16(2)17(19)3)28(18-12-13-18)23(31)20(15-29)27-24(32)33-25(4,5)6/h9-11,18,20-21,29H,7-8,12-15H2,1-6H3,(H,26,30)(H,27,32). The van der Waals surface area contributed by atoms with Crippen LogP contribution in [0.1, 0.15) is 76.1 Å². The fourth-order valence-electron chi connectivity index (χ4n) is 3.66. The minimum atomic E-state index is -1.21. The first-order valence-electron chi connectivity index (χ1n) is 11.8. The van der Waals surface area contributed by atoms with Gasteiger partial charge in [0, 0.05) is 12.6 Å². The topological polar surface area (TPSA) is 108 Å². The van der Waals surface area contributed by atoms with Crippen LogP contribution in [0.4, 0.5) is 4.79 Å². The molecule has 33 heavy (non-hydrogen) atoms. The fraction of sp³-hybridized carbons (Fsp3) is 0.640. The van der Waals surface area contributed by atoms with E-state index in [1.807, 2.05) is 39.0 Å². The van der Waals surface area contributed by atoms with Crippen LogP contribution >= 0.6 is 0 Å². The number of aryl methyl sites for hydroxylation is 1. The third-order valence-corrected chi connectivity index (χ3v) is 5.66. The monoisotopic (exact) mass is 461 g/mol. The summed E-state index contributed by atoms with van der Waals surface area (Å²) in [6.07, 6.45) is 2.51. The molecule has 0 radical (unpaired) electrons. The van der Waals surface area contributed by atoms with E-state index in [4.69, 9.17) is 4.74 Å². The number of hydrogen-bond donors (Lipinski definition) is 3. The molecule has 1 aromatic carbocycles. The summed E-state index contributed by atoms with van der Waals surface area (Å²) in [4.78, 5) is 40.9. The van der Waals surface area contributed by atoms with Gasteiger partial charge in [-0.3, -0.25) is 9.59 Å². The number of carbonyl (C=O) groups is 3. The molecule has 0 saturated heterocycles. The maximum absolute atomic E-state index is 13.6. The van der Waals surface area contributed by atoms with E-state index >= 15 is 0 Å². The minimum Gasteiger partial charge on any atom is -0.444 e. The summed E-state index contributed by atoms with van der Waals surface area (Å²) in [6, 6.07) is 3.52. The Kier molecular flexibility index (Phi) is 9.28. The van der Waals surface area contributed by atoms with E-state index in [0.29, 0.717) is 6.54 Å². The number of nitrogens with one attached hydrogen (secondary N) is 2. The van der Waals surface area contributed by atoms with Crippen molar-refractivity contribution in [1.82, 2.24) is 15.5 Å². The molecule has 8 nitrogen and oxygen atoms in total. The second-order valence-electron chi connectivity index (χ2n) is 9.69. The highest BCUT2D eigenvalue weighted by Crippen LogP contribution is 2.37. The number of rotatable bonds is 10. The van der Waals surface area contributed by atoms with E-state index in [0.717, 1.165) is 42.4 Å². The molecule has 8 heteroatoms. The molecule has 0 spiro atoms. The van der Waals surface area contributed by atoms with Crippen molar-refractivity contribution in [2.24, 2.45) is 0 Å². The van der Waals surface area contributed by atoms with Gasteiger partial charge >= 0.3 is 6.09 Å². The number of aliphatic hydroxyl groups is 1. The Bertz CT molecular complexity index is 845. The highest BCUT2D eigenvalue weighted by Gasteiger charge is 2.44. The molecule has 0 bridgehead atoms. The Morgan fingerprint density at radius 2 is 1.88 bits per heavy atom. The Hall–Kier alpha value is -2.61. The van der Waals surface area contributed by atoms with Crippen LogP contribution in [0.5, 0.6) is 0 Å². The van der Waals surface area contributed by atoms with Gasteiger partial charge in [-0.1, -0.05) is 31.5 Å². The second-order valence-corrected chi connectivity index (χ2v) is 9.69. The van der Waals surface area contributed by atoms with Crippen molar-refractivity contribution >= 4 is 17.9 Å². The average Bonchev–Trinajstić information content (AvgIpc) is 3.56. The largest absolute Gasteiger partial charge is 0.444 e. The zero-order valence-corrected chi connectivity index (χ0v) is 20.7. The summed E-state index contributed by atoms with van der Waals surface area (Å²) in [5.41, 5.74) is 1.96. The molecule has 1 fully saturated rings. The number of hydrogen-bond acceptors (Lipinski definition) is 5. The molecular weight excluding hydrogens is 422 g/mol. The molecule has 3 N–H and O–H groups in total. The van der Waals surface area contributed by atoms with Gasteiger partial charge in [0.05, 0.1) is 6.61 Å². The molecule has 2 atom stereocenters. The molecule has 1 aliphatic carbocycles. The van der Waals surface area contributed by atoms with Crippen molar-refractivity contribution in [3.8, 4) is 0 Å². The number of unbranched alkanes of at least 4 members (excludes halogenated alkanes) is 1. The lowest BCUT2D eigenvalue weighted by Crippen LogP contribution is -2.55. The van der Waals surface area contributed by atoms with E-state index in [-0.39, 0.29) is 11.9 Å². The average molecular weight is 462 g/mol. The third kappa shape index (κ3) is 7.45. The summed E-state index contributed by atoms with van der Waals surface area (Å²) in [5, 5.41) is 15.4. The molecule has 0 heterocycles. The van der Waals surface area contributed by atoms with Crippen LogP contribution in [0, 0.1) is 13.8 Å². The van der Waals surface area contributed by atoms with Crippen LogP contribution in [0.3, 0.4) is 0 Å². The van der Waals surface area contributed by atoms with Crippen molar-refractivity contribution in [1.29, 1.82) is 0 Å². The summed E-state index contributed by atoms with van der Waals surface area (Å²) in [6.45, 7) is 11.0. The van der Waals surface area contributed by atoms with Crippen LogP contribution in [-0.4, -0.2) is 58.8 Å². The van der Waals surface area contributed by atoms with Gasteiger partial charge in [0.25, 0.3) is 0 Å². The Morgan fingerprint density at radius 1 is 1.21 bits per heavy atom. The van der Waals surface area contributed by atoms with Gasteiger partial charge in [-0.05, 0) is 70.6 Å². The minimum absolute atomic E-state index is 0.131. The van der Waals surface area contributed by atoms with E-state index in [9.17, 15) is 19.5 Å². The van der Waals surface area contributed by atoms with Crippen molar-refractivity contribution in [2.45, 2.75) is 91.0 Å². The van der Waals surface area contributed by atoms with Crippen molar-refractivity contribution in [2.75, 3.05) is 13.2 Å². The van der Waals surface area contributed by atoms with Gasteiger partial charge in [-0.15, -0.1) is 0 Å². The number of carbonyl (C=O) groups excluding carboxylic acids is 3. The van der Waals surface area contributed by atoms with Gasteiger partial charge in [0.2, 0.25) is 11.8 Å². The van der Waals surface area contributed by atoms with Gasteiger partial charge < -0.3 is 25.4 Å². The lowest BCUT2D eigenvalue weighted by Gasteiger charge is -2.35. The van der Waals surface area contributed by atoms with Crippen LogP contribution in [-0.2, 0) is 14.3 Å². The highest BCUT2D eigenvalue weighted by atomic mass is 16.6. The van der Waals surface area contributed by atoms with Gasteiger partial charge in [-0.25, -0.2) is 4.79 Å². The van der Waals surface area contributed by atoms with Crippen LogP contribution in [0.2, 0.25) is 0 Å². The normalized spacial score (nSPS) is 15.4. The van der Waals surface area contributed by atoms with E-state index in [2.05, 4.69) is 10.6 Å². The zero-order chi connectivity index (χ0) is 24.8. The molecule has 1 aromatic rings. The molecule has 2 unspecified atom stereocenters. The second kappa shape index (κ2) is 11.5. The Morgan fingerprint density at radius 3 is 2.42 bits per heavy atom. The van der Waals surface area contributed by atoms with Crippen molar-refractivity contribution in [3.63, 3.8) is 0 Å². The zero-order valence-electron chi connectivity index (χ0n) is 20.7. The number of amides is 3. The summed E-state index contributed by atoms with van der Waals surface area (Å²) < 4.78 is 5.26. The SMILES string of the molecule is CCCCNC(=O)C(c1cccc(C)c1C)N(C(=O)C(CO)NC(=O)OC(C)(C)C)C1CC1. The molecule has 0 aromatic heterocycles. The van der Waals surface area contributed by atoms with Crippen molar-refractivity contribution < 1.29 is 24.2 Å². The third-order valence-electron chi connectivity index (χ3n) is 5.66. The Balaban J connectivity index is 2.39. The van der Waals surface area contributed by atoms with Crippen molar-refractivity contribution in [3.05, 3.63) is 34.9 Å². The molecule has 0 aliphatic heterocycles. The number of aliphatic hydroxyl groups excluding tert-OH is 1. The quantitative estimate of drug-likeness (QED) is 0.464. The van der Waals surface area contributed by atoms with Crippen LogP contribution in [0.15, 0.2) is 18.2 Å². The molecule has 3 amide bonds. The van der Waals surface area contributed by atoms with Crippen LogP contribution < -0.4 is 10.6 Å². The molecule has 1 aliphatic rings. The summed E-state index contributed by atoms with van der Waals surface area (Å²) >= 11 is 0. The number of alkyl carbamates (subject to hydrolysis) is 1. The van der Waals surface area contributed by atoms with E-state index in [1.54, 1.807) is 25.7 Å². The van der Waals surface area contributed by atoms with Gasteiger partial charge in [0.15, 0.2) is 0 Å². The first kappa shape index (κ1) is 26.6. The summed E-state index contributed by atoms with van der Waals surface area (Å²) in [7, 11) is 0. The van der Waals surface area contributed by atoms with E-state index in [1.165, 1.54) is 0 Å².